The fourth-order valence-corrected chi connectivity index (χ4v) is 2.49. The lowest BCUT2D eigenvalue weighted by Gasteiger charge is -2.16. The van der Waals surface area contributed by atoms with Gasteiger partial charge in [-0.1, -0.05) is 28.1 Å². The summed E-state index contributed by atoms with van der Waals surface area (Å²) >= 11 is 3.43. The second-order valence-electron chi connectivity index (χ2n) is 4.82. The predicted octanol–water partition coefficient (Wildman–Crippen LogP) is 3.83. The van der Waals surface area contributed by atoms with Crippen LogP contribution in [-0.2, 0) is 0 Å². The van der Waals surface area contributed by atoms with Crippen molar-refractivity contribution in [1.29, 1.82) is 0 Å². The number of rotatable bonds is 3. The van der Waals surface area contributed by atoms with Crippen LogP contribution >= 0.6 is 15.9 Å². The van der Waals surface area contributed by atoms with Crippen molar-refractivity contribution in [2.45, 2.75) is 19.9 Å². The zero-order valence-electron chi connectivity index (χ0n) is 11.5. The Bertz CT molecular complexity index is 640. The van der Waals surface area contributed by atoms with Crippen LogP contribution in [0, 0.1) is 6.92 Å². The fourth-order valence-electron chi connectivity index (χ4n) is 2.08. The largest absolute Gasteiger partial charge is 0.399 e. The maximum Gasteiger partial charge on any atom is 0.252 e. The van der Waals surface area contributed by atoms with Gasteiger partial charge < -0.3 is 11.1 Å². The van der Waals surface area contributed by atoms with Crippen LogP contribution in [0.3, 0.4) is 0 Å². The van der Waals surface area contributed by atoms with Crippen molar-refractivity contribution in [3.8, 4) is 0 Å². The molecule has 0 aliphatic rings. The number of nitrogens with two attached hydrogens (primary N) is 1. The number of nitrogen functional groups attached to an aromatic ring is 1. The van der Waals surface area contributed by atoms with Gasteiger partial charge in [-0.05, 0) is 55.3 Å². The molecule has 0 bridgehead atoms. The number of nitrogens with one attached hydrogen (secondary N) is 1. The summed E-state index contributed by atoms with van der Waals surface area (Å²) in [7, 11) is 0. The summed E-state index contributed by atoms with van der Waals surface area (Å²) in [5.41, 5.74) is 8.95. The van der Waals surface area contributed by atoms with Gasteiger partial charge >= 0.3 is 0 Å². The zero-order chi connectivity index (χ0) is 14.7. The standard InChI is InChI=1S/C16H17BrN2O/c1-10-8-14(18)6-7-15(10)16(20)19-11(2)12-4-3-5-13(17)9-12/h3-9,11H,18H2,1-2H3,(H,19,20). The Hall–Kier alpha value is -1.81. The average molecular weight is 333 g/mol. The minimum atomic E-state index is -0.0880. The molecule has 2 aromatic carbocycles. The molecule has 0 saturated carbocycles. The maximum absolute atomic E-state index is 12.3. The molecule has 0 saturated heterocycles. The first-order valence-corrected chi connectivity index (χ1v) is 7.19. The van der Waals surface area contributed by atoms with E-state index in [1.807, 2.05) is 38.1 Å². The molecule has 0 aromatic heterocycles. The summed E-state index contributed by atoms with van der Waals surface area (Å²) in [4.78, 5) is 12.3. The number of anilines is 1. The van der Waals surface area contributed by atoms with Gasteiger partial charge in [0.05, 0.1) is 6.04 Å². The summed E-state index contributed by atoms with van der Waals surface area (Å²) in [5.74, 6) is -0.0880. The van der Waals surface area contributed by atoms with E-state index in [-0.39, 0.29) is 11.9 Å². The van der Waals surface area contributed by atoms with Crippen LogP contribution in [0.4, 0.5) is 5.69 Å². The molecule has 0 aliphatic carbocycles. The van der Waals surface area contributed by atoms with Crippen molar-refractivity contribution in [2.24, 2.45) is 0 Å². The molecule has 2 aromatic rings. The van der Waals surface area contributed by atoms with Gasteiger partial charge in [-0.25, -0.2) is 0 Å². The molecule has 0 fully saturated rings. The monoisotopic (exact) mass is 332 g/mol. The number of benzene rings is 2. The van der Waals surface area contributed by atoms with Crippen molar-refractivity contribution in [3.63, 3.8) is 0 Å². The van der Waals surface area contributed by atoms with Crippen LogP contribution in [0.25, 0.3) is 0 Å². The van der Waals surface area contributed by atoms with Gasteiger partial charge in [0.2, 0.25) is 0 Å². The SMILES string of the molecule is Cc1cc(N)ccc1C(=O)NC(C)c1cccc(Br)c1. The van der Waals surface area contributed by atoms with Crippen molar-refractivity contribution in [3.05, 3.63) is 63.6 Å². The lowest BCUT2D eigenvalue weighted by Crippen LogP contribution is -2.27. The molecule has 4 heteroatoms. The predicted molar refractivity (Wildman–Crippen MR) is 85.6 cm³/mol. The summed E-state index contributed by atoms with van der Waals surface area (Å²) in [6.45, 7) is 3.85. The van der Waals surface area contributed by atoms with Crippen LogP contribution in [0.15, 0.2) is 46.9 Å². The van der Waals surface area contributed by atoms with Gasteiger partial charge in [-0.3, -0.25) is 4.79 Å². The molecule has 1 amide bonds. The van der Waals surface area contributed by atoms with Crippen LogP contribution in [0.1, 0.15) is 34.5 Å². The maximum atomic E-state index is 12.3. The molecule has 2 rings (SSSR count). The zero-order valence-corrected chi connectivity index (χ0v) is 13.1. The van der Waals surface area contributed by atoms with Crippen LogP contribution < -0.4 is 11.1 Å². The second-order valence-corrected chi connectivity index (χ2v) is 5.74. The van der Waals surface area contributed by atoms with Crippen molar-refractivity contribution < 1.29 is 4.79 Å². The Morgan fingerprint density at radius 3 is 2.65 bits per heavy atom. The number of aryl methyl sites for hydroxylation is 1. The van der Waals surface area contributed by atoms with E-state index in [1.54, 1.807) is 18.2 Å². The first-order chi connectivity index (χ1) is 9.47. The number of carbonyl (C=O) groups is 1. The Morgan fingerprint density at radius 1 is 1.25 bits per heavy atom. The van der Waals surface area contributed by atoms with Gasteiger partial charge in [0.1, 0.15) is 0 Å². The molecule has 0 aliphatic heterocycles. The number of amides is 1. The summed E-state index contributed by atoms with van der Waals surface area (Å²) in [6.07, 6.45) is 0. The minimum Gasteiger partial charge on any atom is -0.399 e. The first-order valence-electron chi connectivity index (χ1n) is 6.40. The quantitative estimate of drug-likeness (QED) is 0.839. The Balaban J connectivity index is 2.15. The summed E-state index contributed by atoms with van der Waals surface area (Å²) < 4.78 is 1.000. The van der Waals surface area contributed by atoms with Gasteiger partial charge in [-0.2, -0.15) is 0 Å². The van der Waals surface area contributed by atoms with E-state index >= 15 is 0 Å². The first kappa shape index (κ1) is 14.6. The van der Waals surface area contributed by atoms with Crippen molar-refractivity contribution in [1.82, 2.24) is 5.32 Å². The molecule has 0 heterocycles. The second kappa shape index (κ2) is 6.09. The van der Waals surface area contributed by atoms with Gasteiger partial charge in [-0.15, -0.1) is 0 Å². The normalized spacial score (nSPS) is 11.9. The highest BCUT2D eigenvalue weighted by Crippen LogP contribution is 2.19. The summed E-state index contributed by atoms with van der Waals surface area (Å²) in [5, 5.41) is 3.00. The average Bonchev–Trinajstić information content (AvgIpc) is 2.38. The molecule has 3 N–H and O–H groups in total. The van der Waals surface area contributed by atoms with E-state index in [9.17, 15) is 4.79 Å². The topological polar surface area (TPSA) is 55.1 Å². The molecular formula is C16H17BrN2O. The van der Waals surface area contributed by atoms with E-state index in [4.69, 9.17) is 5.73 Å². The number of carbonyl (C=O) groups excluding carboxylic acids is 1. The smallest absolute Gasteiger partial charge is 0.252 e. The lowest BCUT2D eigenvalue weighted by molar-refractivity contribution is 0.0939. The number of hydrogen-bond donors (Lipinski definition) is 2. The molecule has 104 valence electrons. The molecule has 0 radical (unpaired) electrons. The molecule has 1 atom stereocenters. The van der Waals surface area contributed by atoms with Crippen LogP contribution in [0.5, 0.6) is 0 Å². The van der Waals surface area contributed by atoms with Gasteiger partial charge in [0, 0.05) is 15.7 Å². The van der Waals surface area contributed by atoms with Gasteiger partial charge in [0.15, 0.2) is 0 Å². The Labute approximate surface area is 127 Å². The number of halogens is 1. The van der Waals surface area contributed by atoms with E-state index in [0.29, 0.717) is 11.3 Å². The van der Waals surface area contributed by atoms with E-state index in [2.05, 4.69) is 21.2 Å². The minimum absolute atomic E-state index is 0.0584. The third kappa shape index (κ3) is 3.39. The van der Waals surface area contributed by atoms with Crippen molar-refractivity contribution >= 4 is 27.5 Å². The van der Waals surface area contributed by atoms with Crippen LogP contribution in [0.2, 0.25) is 0 Å². The highest BCUT2D eigenvalue weighted by molar-refractivity contribution is 9.10. The molecular weight excluding hydrogens is 316 g/mol. The highest BCUT2D eigenvalue weighted by Gasteiger charge is 2.13. The van der Waals surface area contributed by atoms with E-state index < -0.39 is 0 Å². The third-order valence-electron chi connectivity index (χ3n) is 3.19. The lowest BCUT2D eigenvalue weighted by atomic mass is 10.1. The van der Waals surface area contributed by atoms with E-state index in [1.165, 1.54) is 0 Å². The molecule has 3 nitrogen and oxygen atoms in total. The van der Waals surface area contributed by atoms with E-state index in [0.717, 1.165) is 15.6 Å². The summed E-state index contributed by atoms with van der Waals surface area (Å²) in [6, 6.07) is 13.2. The Kier molecular flexibility index (Phi) is 4.45. The molecule has 20 heavy (non-hydrogen) atoms. The van der Waals surface area contributed by atoms with Crippen LogP contribution in [-0.4, -0.2) is 5.91 Å². The molecule has 0 spiro atoms. The van der Waals surface area contributed by atoms with Gasteiger partial charge in [0.25, 0.3) is 5.91 Å². The third-order valence-corrected chi connectivity index (χ3v) is 3.68. The van der Waals surface area contributed by atoms with Crippen molar-refractivity contribution in [2.75, 3.05) is 5.73 Å². The fraction of sp³-hybridized carbons (Fsp3) is 0.188. The highest BCUT2D eigenvalue weighted by atomic mass is 79.9. The molecule has 1 unspecified atom stereocenters. The Morgan fingerprint density at radius 2 is 2.00 bits per heavy atom. The number of hydrogen-bond acceptors (Lipinski definition) is 2.